The molecular weight excluding hydrogens is 286 g/mol. The van der Waals surface area contributed by atoms with E-state index in [0.717, 1.165) is 23.4 Å². The molecule has 0 atom stereocenters. The summed E-state index contributed by atoms with van der Waals surface area (Å²) < 4.78 is 5.88. The molecule has 2 N–H and O–H groups in total. The van der Waals surface area contributed by atoms with E-state index in [0.29, 0.717) is 17.7 Å². The minimum absolute atomic E-state index is 0.253. The summed E-state index contributed by atoms with van der Waals surface area (Å²) >= 11 is 6.07. The topological polar surface area (TPSA) is 41.5 Å². The number of ether oxygens (including phenoxy) is 1. The van der Waals surface area contributed by atoms with Gasteiger partial charge in [0.2, 0.25) is 0 Å². The fourth-order valence-corrected chi connectivity index (χ4v) is 2.37. The first kappa shape index (κ1) is 14.2. The Morgan fingerprint density at radius 2 is 2.05 bits per heavy atom. The van der Waals surface area contributed by atoms with E-state index in [1.807, 2.05) is 30.3 Å². The predicted molar refractivity (Wildman–Crippen MR) is 83.8 cm³/mol. The molecular formula is C17H18ClNO2. The van der Waals surface area contributed by atoms with Crippen LogP contribution in [0.25, 0.3) is 0 Å². The van der Waals surface area contributed by atoms with Gasteiger partial charge in [0.15, 0.2) is 0 Å². The zero-order chi connectivity index (χ0) is 14.7. The van der Waals surface area contributed by atoms with Crippen LogP contribution in [-0.2, 0) is 13.2 Å². The van der Waals surface area contributed by atoms with E-state index < -0.39 is 0 Å². The molecule has 2 aromatic rings. The third kappa shape index (κ3) is 4.13. The molecule has 1 saturated carbocycles. The van der Waals surface area contributed by atoms with Gasteiger partial charge in [0.1, 0.15) is 18.1 Å². The SMILES string of the molecule is Oc1cccc(COc2ccc(Cl)cc2CNC2CC2)c1. The van der Waals surface area contributed by atoms with Gasteiger partial charge in [-0.15, -0.1) is 0 Å². The quantitative estimate of drug-likeness (QED) is 0.851. The lowest BCUT2D eigenvalue weighted by Crippen LogP contribution is -2.16. The van der Waals surface area contributed by atoms with Crippen LogP contribution < -0.4 is 10.1 Å². The molecule has 0 spiro atoms. The highest BCUT2D eigenvalue weighted by molar-refractivity contribution is 6.30. The van der Waals surface area contributed by atoms with E-state index in [9.17, 15) is 5.11 Å². The Balaban J connectivity index is 1.68. The van der Waals surface area contributed by atoms with Crippen LogP contribution in [0.2, 0.25) is 5.02 Å². The molecule has 3 nitrogen and oxygen atoms in total. The lowest BCUT2D eigenvalue weighted by atomic mass is 10.2. The average Bonchev–Trinajstić information content (AvgIpc) is 3.28. The van der Waals surface area contributed by atoms with Gasteiger partial charge in [0.05, 0.1) is 0 Å². The number of nitrogens with one attached hydrogen (secondary N) is 1. The van der Waals surface area contributed by atoms with Crippen LogP contribution in [0, 0.1) is 0 Å². The molecule has 1 fully saturated rings. The first-order valence-electron chi connectivity index (χ1n) is 7.13. The van der Waals surface area contributed by atoms with Gasteiger partial charge in [0.25, 0.3) is 0 Å². The van der Waals surface area contributed by atoms with Crippen molar-refractivity contribution in [3.05, 3.63) is 58.6 Å². The molecule has 1 aliphatic carbocycles. The number of phenolic OH excluding ortho intramolecular Hbond substituents is 1. The molecule has 21 heavy (non-hydrogen) atoms. The largest absolute Gasteiger partial charge is 0.508 e. The minimum atomic E-state index is 0.253. The summed E-state index contributed by atoms with van der Waals surface area (Å²) in [5.74, 6) is 1.08. The van der Waals surface area contributed by atoms with E-state index in [1.165, 1.54) is 12.8 Å². The Labute approximate surface area is 129 Å². The normalized spacial score (nSPS) is 14.1. The standard InChI is InChI=1S/C17H18ClNO2/c18-14-4-7-17(13(9-14)10-19-15-5-6-15)21-11-12-2-1-3-16(20)8-12/h1-4,7-9,15,19-20H,5-6,10-11H2. The fourth-order valence-electron chi connectivity index (χ4n) is 2.18. The highest BCUT2D eigenvalue weighted by atomic mass is 35.5. The molecule has 0 bridgehead atoms. The number of phenols is 1. The van der Waals surface area contributed by atoms with Crippen molar-refractivity contribution in [1.82, 2.24) is 5.32 Å². The maximum Gasteiger partial charge on any atom is 0.124 e. The summed E-state index contributed by atoms with van der Waals surface area (Å²) in [6.07, 6.45) is 2.50. The van der Waals surface area contributed by atoms with Crippen molar-refractivity contribution in [2.75, 3.05) is 0 Å². The second kappa shape index (κ2) is 6.37. The zero-order valence-corrected chi connectivity index (χ0v) is 12.4. The Kier molecular flexibility index (Phi) is 4.32. The minimum Gasteiger partial charge on any atom is -0.508 e. The van der Waals surface area contributed by atoms with Crippen molar-refractivity contribution in [2.24, 2.45) is 0 Å². The Bertz CT molecular complexity index is 626. The Hall–Kier alpha value is -1.71. The highest BCUT2D eigenvalue weighted by Crippen LogP contribution is 2.26. The van der Waals surface area contributed by atoms with Gasteiger partial charge >= 0.3 is 0 Å². The molecule has 0 amide bonds. The molecule has 110 valence electrons. The Morgan fingerprint density at radius 3 is 2.81 bits per heavy atom. The van der Waals surface area contributed by atoms with Crippen LogP contribution in [0.1, 0.15) is 24.0 Å². The molecule has 0 aliphatic heterocycles. The molecule has 2 aromatic carbocycles. The van der Waals surface area contributed by atoms with Gasteiger partial charge in [-0.25, -0.2) is 0 Å². The van der Waals surface area contributed by atoms with Gasteiger partial charge in [-0.3, -0.25) is 0 Å². The van der Waals surface area contributed by atoms with Gasteiger partial charge < -0.3 is 15.2 Å². The van der Waals surface area contributed by atoms with Crippen LogP contribution in [-0.4, -0.2) is 11.1 Å². The number of hydrogen-bond donors (Lipinski definition) is 2. The van der Waals surface area contributed by atoms with Crippen molar-refractivity contribution < 1.29 is 9.84 Å². The number of hydrogen-bond acceptors (Lipinski definition) is 3. The van der Waals surface area contributed by atoms with E-state index in [-0.39, 0.29) is 5.75 Å². The van der Waals surface area contributed by atoms with E-state index in [1.54, 1.807) is 12.1 Å². The van der Waals surface area contributed by atoms with Crippen molar-refractivity contribution in [1.29, 1.82) is 0 Å². The summed E-state index contributed by atoms with van der Waals surface area (Å²) in [6, 6.07) is 13.4. The first-order chi connectivity index (χ1) is 10.2. The molecule has 1 aliphatic rings. The molecule has 4 heteroatoms. The van der Waals surface area contributed by atoms with Crippen LogP contribution in [0.15, 0.2) is 42.5 Å². The fraction of sp³-hybridized carbons (Fsp3) is 0.294. The summed E-state index contributed by atoms with van der Waals surface area (Å²) in [7, 11) is 0. The third-order valence-corrected chi connectivity index (χ3v) is 3.72. The van der Waals surface area contributed by atoms with E-state index in [4.69, 9.17) is 16.3 Å². The smallest absolute Gasteiger partial charge is 0.124 e. The number of aromatic hydroxyl groups is 1. The highest BCUT2D eigenvalue weighted by Gasteiger charge is 2.20. The molecule has 0 heterocycles. The molecule has 0 unspecified atom stereocenters. The maximum atomic E-state index is 9.47. The van der Waals surface area contributed by atoms with E-state index in [2.05, 4.69) is 5.32 Å². The second-order valence-corrected chi connectivity index (χ2v) is 5.80. The summed E-state index contributed by atoms with van der Waals surface area (Å²) in [4.78, 5) is 0. The van der Waals surface area contributed by atoms with Crippen LogP contribution in [0.5, 0.6) is 11.5 Å². The molecule has 0 radical (unpaired) electrons. The van der Waals surface area contributed by atoms with Crippen molar-refractivity contribution in [3.63, 3.8) is 0 Å². The van der Waals surface area contributed by atoms with Crippen molar-refractivity contribution in [3.8, 4) is 11.5 Å². The summed E-state index contributed by atoms with van der Waals surface area (Å²) in [5, 5.41) is 13.7. The molecule has 0 aromatic heterocycles. The van der Waals surface area contributed by atoms with Crippen LogP contribution in [0.3, 0.4) is 0 Å². The maximum absolute atomic E-state index is 9.47. The summed E-state index contributed by atoms with van der Waals surface area (Å²) in [5.41, 5.74) is 2.00. The number of rotatable bonds is 6. The van der Waals surface area contributed by atoms with Gasteiger partial charge in [-0.2, -0.15) is 0 Å². The second-order valence-electron chi connectivity index (χ2n) is 5.37. The molecule has 3 rings (SSSR count). The zero-order valence-electron chi connectivity index (χ0n) is 11.7. The van der Waals surface area contributed by atoms with Crippen molar-refractivity contribution in [2.45, 2.75) is 32.0 Å². The van der Waals surface area contributed by atoms with Crippen LogP contribution >= 0.6 is 11.6 Å². The third-order valence-electron chi connectivity index (χ3n) is 3.49. The molecule has 0 saturated heterocycles. The number of halogens is 1. The van der Waals surface area contributed by atoms with E-state index >= 15 is 0 Å². The predicted octanol–water partition coefficient (Wildman–Crippen LogP) is 3.88. The first-order valence-corrected chi connectivity index (χ1v) is 7.51. The van der Waals surface area contributed by atoms with Gasteiger partial charge in [-0.05, 0) is 48.7 Å². The van der Waals surface area contributed by atoms with Crippen molar-refractivity contribution >= 4 is 11.6 Å². The monoisotopic (exact) mass is 303 g/mol. The summed E-state index contributed by atoms with van der Waals surface area (Å²) in [6.45, 7) is 1.19. The lowest BCUT2D eigenvalue weighted by molar-refractivity contribution is 0.301. The average molecular weight is 304 g/mol. The van der Waals surface area contributed by atoms with Crippen LogP contribution in [0.4, 0.5) is 0 Å². The van der Waals surface area contributed by atoms with Gasteiger partial charge in [0, 0.05) is 23.2 Å². The Morgan fingerprint density at radius 1 is 1.19 bits per heavy atom. The lowest BCUT2D eigenvalue weighted by Gasteiger charge is -2.13. The number of benzene rings is 2. The van der Waals surface area contributed by atoms with Gasteiger partial charge in [-0.1, -0.05) is 23.7 Å².